The average molecular weight is 150 g/mol. The molecule has 0 amide bonds. The lowest BCUT2D eigenvalue weighted by atomic mass is 10.1. The van der Waals surface area contributed by atoms with E-state index in [0.717, 1.165) is 0 Å². The van der Waals surface area contributed by atoms with Gasteiger partial charge < -0.3 is 0 Å². The topological polar surface area (TPSA) is 0 Å². The van der Waals surface area contributed by atoms with Crippen LogP contribution in [-0.2, 0) is 0 Å². The van der Waals surface area contributed by atoms with Crippen molar-refractivity contribution < 1.29 is 0 Å². The summed E-state index contributed by atoms with van der Waals surface area (Å²) in [6.07, 6.45) is 4.58. The maximum atomic E-state index is 2.34. The second kappa shape index (κ2) is 2.03. The lowest BCUT2D eigenvalue weighted by Gasteiger charge is -1.98. The van der Waals surface area contributed by atoms with Crippen LogP contribution in [0.5, 0.6) is 0 Å². The molecular formula is C9H10S. The van der Waals surface area contributed by atoms with Crippen molar-refractivity contribution in [1.82, 2.24) is 0 Å². The molecule has 0 radical (unpaired) electrons. The van der Waals surface area contributed by atoms with Gasteiger partial charge in [-0.3, -0.25) is 0 Å². The first-order valence-electron chi connectivity index (χ1n) is 3.50. The molecule has 0 N–H and O–H groups in total. The summed E-state index contributed by atoms with van der Waals surface area (Å²) in [6, 6.07) is 0. The summed E-state index contributed by atoms with van der Waals surface area (Å²) in [5, 5.41) is 2.84. The fourth-order valence-corrected chi connectivity index (χ4v) is 2.49. The number of hydrogen-bond acceptors (Lipinski definition) is 1. The van der Waals surface area contributed by atoms with E-state index in [0.29, 0.717) is 5.25 Å². The van der Waals surface area contributed by atoms with Crippen molar-refractivity contribution in [1.29, 1.82) is 0 Å². The van der Waals surface area contributed by atoms with Crippen LogP contribution in [0, 0.1) is 0 Å². The molecule has 10 heavy (non-hydrogen) atoms. The van der Waals surface area contributed by atoms with Crippen molar-refractivity contribution in [3.63, 3.8) is 0 Å². The monoisotopic (exact) mass is 150 g/mol. The van der Waals surface area contributed by atoms with Gasteiger partial charge in [0.25, 0.3) is 0 Å². The third kappa shape index (κ3) is 0.702. The molecule has 1 aliphatic carbocycles. The Morgan fingerprint density at radius 2 is 2.20 bits per heavy atom. The summed E-state index contributed by atoms with van der Waals surface area (Å²) >= 11 is 1.91. The first-order chi connectivity index (χ1) is 4.79. The van der Waals surface area contributed by atoms with Crippen molar-refractivity contribution in [2.75, 3.05) is 0 Å². The molecule has 0 aromatic rings. The van der Waals surface area contributed by atoms with Crippen molar-refractivity contribution in [2.24, 2.45) is 0 Å². The molecule has 1 atom stereocenters. The number of hydrogen-bond donors (Lipinski definition) is 0. The van der Waals surface area contributed by atoms with E-state index >= 15 is 0 Å². The van der Waals surface area contributed by atoms with E-state index in [1.807, 2.05) is 11.8 Å². The fraction of sp³-hybridized carbons (Fsp3) is 0.333. The Morgan fingerprint density at radius 3 is 2.90 bits per heavy atom. The van der Waals surface area contributed by atoms with Crippen LogP contribution >= 0.6 is 11.8 Å². The Hall–Kier alpha value is -0.430. The Morgan fingerprint density at radius 1 is 1.40 bits per heavy atom. The van der Waals surface area contributed by atoms with Gasteiger partial charge >= 0.3 is 0 Å². The molecule has 0 saturated heterocycles. The first kappa shape index (κ1) is 6.29. The van der Waals surface area contributed by atoms with E-state index in [1.165, 1.54) is 16.7 Å². The number of thioether (sulfide) groups is 1. The summed E-state index contributed by atoms with van der Waals surface area (Å²) in [5.41, 5.74) is 4.45. The molecule has 0 fully saturated rings. The Balaban J connectivity index is 2.47. The maximum absolute atomic E-state index is 2.34. The predicted octanol–water partition coefficient (Wildman–Crippen LogP) is 2.89. The van der Waals surface area contributed by atoms with Gasteiger partial charge in [0.05, 0.1) is 5.25 Å². The molecule has 0 nitrogen and oxygen atoms in total. The number of rotatable bonds is 0. The highest BCUT2D eigenvalue weighted by atomic mass is 32.2. The normalized spacial score (nSPS) is 29.4. The number of allylic oxidation sites excluding steroid dienone is 3. The molecule has 0 aromatic carbocycles. The van der Waals surface area contributed by atoms with Gasteiger partial charge in [-0.25, -0.2) is 0 Å². The lowest BCUT2D eigenvalue weighted by molar-refractivity contribution is 1.33. The first-order valence-corrected chi connectivity index (χ1v) is 4.45. The minimum atomic E-state index is 0.653. The standard InChI is InChI=1S/C9H10S/c1-6-5-9-8(7(6)2)3-4-10-9/h3-5,9H,1-2H3/t9-/m0/s1. The molecule has 1 heterocycles. The highest BCUT2D eigenvalue weighted by molar-refractivity contribution is 8.03. The van der Waals surface area contributed by atoms with Crippen molar-refractivity contribution in [2.45, 2.75) is 19.1 Å². The van der Waals surface area contributed by atoms with Crippen molar-refractivity contribution in [3.8, 4) is 0 Å². The zero-order valence-corrected chi connectivity index (χ0v) is 7.03. The summed E-state index contributed by atoms with van der Waals surface area (Å²) in [6.45, 7) is 4.40. The van der Waals surface area contributed by atoms with Crippen LogP contribution in [0.3, 0.4) is 0 Å². The molecule has 0 spiro atoms. The Labute approximate surface area is 65.7 Å². The van der Waals surface area contributed by atoms with E-state index in [1.54, 1.807) is 0 Å². The smallest absolute Gasteiger partial charge is 0.0527 e. The minimum absolute atomic E-state index is 0.653. The van der Waals surface area contributed by atoms with E-state index < -0.39 is 0 Å². The summed E-state index contributed by atoms with van der Waals surface area (Å²) in [5.74, 6) is 0. The zero-order chi connectivity index (χ0) is 7.14. The quantitative estimate of drug-likeness (QED) is 0.511. The van der Waals surface area contributed by atoms with E-state index in [2.05, 4.69) is 31.4 Å². The van der Waals surface area contributed by atoms with Gasteiger partial charge in [0.15, 0.2) is 0 Å². The molecular weight excluding hydrogens is 140 g/mol. The van der Waals surface area contributed by atoms with Crippen molar-refractivity contribution in [3.05, 3.63) is 34.3 Å². The highest BCUT2D eigenvalue weighted by Gasteiger charge is 2.22. The SMILES string of the molecule is CC1=C[C@@H]2SC=CC2=C1C. The summed E-state index contributed by atoms with van der Waals surface area (Å²) < 4.78 is 0. The van der Waals surface area contributed by atoms with Crippen LogP contribution in [0.4, 0.5) is 0 Å². The van der Waals surface area contributed by atoms with Gasteiger partial charge in [0.1, 0.15) is 0 Å². The molecule has 2 aliphatic rings. The average Bonchev–Trinajstić information content (AvgIpc) is 2.41. The maximum Gasteiger partial charge on any atom is 0.0527 e. The molecule has 0 unspecified atom stereocenters. The zero-order valence-electron chi connectivity index (χ0n) is 6.22. The van der Waals surface area contributed by atoms with Gasteiger partial charge in [-0.15, -0.1) is 11.8 Å². The van der Waals surface area contributed by atoms with Gasteiger partial charge in [0.2, 0.25) is 0 Å². The molecule has 0 aromatic heterocycles. The molecule has 0 bridgehead atoms. The molecule has 1 heteroatoms. The summed E-state index contributed by atoms with van der Waals surface area (Å²) in [4.78, 5) is 0. The lowest BCUT2D eigenvalue weighted by Crippen LogP contribution is -1.90. The van der Waals surface area contributed by atoms with Crippen molar-refractivity contribution >= 4 is 11.8 Å². The van der Waals surface area contributed by atoms with Gasteiger partial charge in [-0.1, -0.05) is 17.7 Å². The third-order valence-corrected chi connectivity index (χ3v) is 3.18. The molecule has 1 aliphatic heterocycles. The largest absolute Gasteiger partial charge is 0.122 e. The van der Waals surface area contributed by atoms with Crippen LogP contribution in [-0.4, -0.2) is 5.25 Å². The van der Waals surface area contributed by atoms with Gasteiger partial charge in [0, 0.05) is 0 Å². The fourth-order valence-electron chi connectivity index (χ4n) is 1.41. The predicted molar refractivity (Wildman–Crippen MR) is 47.0 cm³/mol. The van der Waals surface area contributed by atoms with Crippen LogP contribution < -0.4 is 0 Å². The van der Waals surface area contributed by atoms with E-state index in [9.17, 15) is 0 Å². The molecule has 52 valence electrons. The van der Waals surface area contributed by atoms with Crippen LogP contribution in [0.15, 0.2) is 34.3 Å². The summed E-state index contributed by atoms with van der Waals surface area (Å²) in [7, 11) is 0. The Bertz CT molecular complexity index is 256. The molecule has 2 rings (SSSR count). The van der Waals surface area contributed by atoms with E-state index in [4.69, 9.17) is 0 Å². The second-order valence-electron chi connectivity index (χ2n) is 2.79. The van der Waals surface area contributed by atoms with Gasteiger partial charge in [-0.05, 0) is 30.4 Å². The highest BCUT2D eigenvalue weighted by Crippen LogP contribution is 2.39. The Kier molecular flexibility index (Phi) is 1.27. The van der Waals surface area contributed by atoms with Gasteiger partial charge in [-0.2, -0.15) is 0 Å². The third-order valence-electron chi connectivity index (χ3n) is 2.21. The van der Waals surface area contributed by atoms with Crippen LogP contribution in [0.25, 0.3) is 0 Å². The van der Waals surface area contributed by atoms with Crippen LogP contribution in [0.2, 0.25) is 0 Å². The number of fused-ring (bicyclic) bond motifs is 1. The van der Waals surface area contributed by atoms with E-state index in [-0.39, 0.29) is 0 Å². The second-order valence-corrected chi connectivity index (χ2v) is 3.84. The van der Waals surface area contributed by atoms with Crippen LogP contribution in [0.1, 0.15) is 13.8 Å². The molecule has 0 saturated carbocycles. The minimum Gasteiger partial charge on any atom is -0.122 e.